The zero-order valence-corrected chi connectivity index (χ0v) is 11.6. The Hall–Kier alpha value is -0.890. The van der Waals surface area contributed by atoms with Gasteiger partial charge in [0, 0.05) is 0 Å². The van der Waals surface area contributed by atoms with Crippen LogP contribution >= 0.6 is 23.2 Å². The maximum Gasteiger partial charge on any atom is 0.324 e. The standard InChI is InChI=1S/C10H8Cl2FNO4S/c11-5-1-2-6(7(12)8(5)13)19(17,18)14-10(3-4-10)9(15)16/h1-2,14H,3-4H2,(H,15,16). The Labute approximate surface area is 118 Å². The SMILES string of the molecule is O=C(O)C1(NS(=O)(=O)c2ccc(Cl)c(F)c2Cl)CC1. The van der Waals surface area contributed by atoms with Crippen LogP contribution in [0.3, 0.4) is 0 Å². The molecule has 0 radical (unpaired) electrons. The molecule has 0 aliphatic heterocycles. The summed E-state index contributed by atoms with van der Waals surface area (Å²) in [5.41, 5.74) is -1.52. The molecule has 104 valence electrons. The summed E-state index contributed by atoms with van der Waals surface area (Å²) in [5, 5.41) is 7.94. The van der Waals surface area contributed by atoms with E-state index in [1.807, 2.05) is 4.72 Å². The monoisotopic (exact) mass is 327 g/mol. The third-order valence-electron chi connectivity index (χ3n) is 2.78. The molecular weight excluding hydrogens is 320 g/mol. The molecule has 1 aromatic rings. The van der Waals surface area contributed by atoms with Crippen LogP contribution in [0.25, 0.3) is 0 Å². The second-order valence-electron chi connectivity index (χ2n) is 4.17. The van der Waals surface area contributed by atoms with Crippen molar-refractivity contribution in [2.75, 3.05) is 0 Å². The summed E-state index contributed by atoms with van der Waals surface area (Å²) in [7, 11) is -4.23. The number of carbonyl (C=O) groups is 1. The fourth-order valence-corrected chi connectivity index (χ4v) is 3.68. The quantitative estimate of drug-likeness (QED) is 0.829. The number of aliphatic carboxylic acids is 1. The third-order valence-corrected chi connectivity index (χ3v) is 5.13. The van der Waals surface area contributed by atoms with Gasteiger partial charge in [0.25, 0.3) is 0 Å². The molecule has 1 saturated carbocycles. The van der Waals surface area contributed by atoms with Crippen molar-refractivity contribution in [3.8, 4) is 0 Å². The highest BCUT2D eigenvalue weighted by Crippen LogP contribution is 2.38. The van der Waals surface area contributed by atoms with Gasteiger partial charge in [0.1, 0.15) is 10.4 Å². The van der Waals surface area contributed by atoms with E-state index in [1.165, 1.54) is 0 Å². The van der Waals surface area contributed by atoms with Gasteiger partial charge in [-0.3, -0.25) is 4.79 Å². The molecule has 0 saturated heterocycles. The molecule has 5 nitrogen and oxygen atoms in total. The minimum absolute atomic E-state index is 0.176. The predicted molar refractivity (Wildman–Crippen MR) is 66.3 cm³/mol. The van der Waals surface area contributed by atoms with Crippen molar-refractivity contribution in [1.82, 2.24) is 4.72 Å². The molecule has 2 rings (SSSR count). The number of nitrogens with one attached hydrogen (secondary N) is 1. The van der Waals surface area contributed by atoms with E-state index in [0.29, 0.717) is 0 Å². The number of hydrogen-bond acceptors (Lipinski definition) is 3. The van der Waals surface area contributed by atoms with E-state index in [1.54, 1.807) is 0 Å². The summed E-state index contributed by atoms with van der Waals surface area (Å²) in [6.45, 7) is 0. The van der Waals surface area contributed by atoms with Crippen LogP contribution in [0, 0.1) is 5.82 Å². The van der Waals surface area contributed by atoms with Crippen molar-refractivity contribution in [3.63, 3.8) is 0 Å². The molecule has 0 unspecified atom stereocenters. The minimum Gasteiger partial charge on any atom is -0.480 e. The molecule has 1 aromatic carbocycles. The molecule has 1 aliphatic carbocycles. The van der Waals surface area contributed by atoms with Crippen LogP contribution in [0.4, 0.5) is 4.39 Å². The van der Waals surface area contributed by atoms with Crippen molar-refractivity contribution in [3.05, 3.63) is 28.0 Å². The highest BCUT2D eigenvalue weighted by Gasteiger charge is 2.53. The first-order chi connectivity index (χ1) is 8.69. The molecule has 0 atom stereocenters. The molecule has 19 heavy (non-hydrogen) atoms. The number of hydrogen-bond donors (Lipinski definition) is 2. The van der Waals surface area contributed by atoms with Crippen molar-refractivity contribution < 1.29 is 22.7 Å². The van der Waals surface area contributed by atoms with Crippen LogP contribution < -0.4 is 4.72 Å². The number of carboxylic acids is 1. The van der Waals surface area contributed by atoms with Gasteiger partial charge >= 0.3 is 5.97 Å². The maximum absolute atomic E-state index is 13.5. The van der Waals surface area contributed by atoms with E-state index in [9.17, 15) is 17.6 Å². The summed E-state index contributed by atoms with van der Waals surface area (Å²) in [5.74, 6) is -2.34. The van der Waals surface area contributed by atoms with Gasteiger partial charge in [-0.05, 0) is 25.0 Å². The zero-order chi connectivity index (χ0) is 14.4. The third kappa shape index (κ3) is 2.55. The zero-order valence-electron chi connectivity index (χ0n) is 9.28. The second kappa shape index (κ2) is 4.59. The highest BCUT2D eigenvalue weighted by atomic mass is 35.5. The predicted octanol–water partition coefficient (Wildman–Crippen LogP) is 2.03. The van der Waals surface area contributed by atoms with E-state index in [2.05, 4.69) is 0 Å². The number of benzene rings is 1. The van der Waals surface area contributed by atoms with Crippen LogP contribution in [0.15, 0.2) is 17.0 Å². The number of sulfonamides is 1. The van der Waals surface area contributed by atoms with Gasteiger partial charge in [-0.2, -0.15) is 4.72 Å². The fourth-order valence-electron chi connectivity index (χ4n) is 1.51. The smallest absolute Gasteiger partial charge is 0.324 e. The molecule has 0 spiro atoms. The largest absolute Gasteiger partial charge is 0.480 e. The average molecular weight is 328 g/mol. The van der Waals surface area contributed by atoms with Crippen LogP contribution in [0.1, 0.15) is 12.8 Å². The lowest BCUT2D eigenvalue weighted by atomic mass is 10.3. The molecule has 0 heterocycles. The van der Waals surface area contributed by atoms with Crippen molar-refractivity contribution in [1.29, 1.82) is 0 Å². The van der Waals surface area contributed by atoms with Crippen LogP contribution in [-0.4, -0.2) is 25.0 Å². The molecule has 9 heteroatoms. The second-order valence-corrected chi connectivity index (χ2v) is 6.60. The lowest BCUT2D eigenvalue weighted by Crippen LogP contribution is -2.43. The Morgan fingerprint density at radius 2 is 1.95 bits per heavy atom. The van der Waals surface area contributed by atoms with Gasteiger partial charge in [0.2, 0.25) is 10.0 Å². The van der Waals surface area contributed by atoms with Crippen LogP contribution in [-0.2, 0) is 14.8 Å². The lowest BCUT2D eigenvalue weighted by molar-refractivity contribution is -0.140. The normalized spacial score (nSPS) is 17.2. The average Bonchev–Trinajstić information content (AvgIpc) is 3.06. The Morgan fingerprint density at radius 1 is 1.37 bits per heavy atom. The summed E-state index contributed by atoms with van der Waals surface area (Å²) >= 11 is 11.0. The van der Waals surface area contributed by atoms with Gasteiger partial charge in [-0.25, -0.2) is 12.8 Å². The number of rotatable bonds is 4. The molecule has 0 bridgehead atoms. The lowest BCUT2D eigenvalue weighted by Gasteiger charge is -2.14. The Bertz CT molecular complexity index is 658. The summed E-state index contributed by atoms with van der Waals surface area (Å²) < 4.78 is 39.5. The van der Waals surface area contributed by atoms with E-state index in [0.717, 1.165) is 12.1 Å². The molecule has 1 aliphatic rings. The number of carboxylic acid groups (broad SMARTS) is 1. The highest BCUT2D eigenvalue weighted by molar-refractivity contribution is 7.89. The van der Waals surface area contributed by atoms with Gasteiger partial charge in [-0.1, -0.05) is 23.2 Å². The minimum atomic E-state index is -4.23. The first-order valence-corrected chi connectivity index (χ1v) is 7.34. The molecule has 1 fully saturated rings. The van der Waals surface area contributed by atoms with Gasteiger partial charge in [0.15, 0.2) is 5.82 Å². The van der Waals surface area contributed by atoms with E-state index >= 15 is 0 Å². The van der Waals surface area contributed by atoms with Gasteiger partial charge < -0.3 is 5.11 Å². The molecular formula is C10H8Cl2FNO4S. The Balaban J connectivity index is 2.41. The van der Waals surface area contributed by atoms with E-state index in [-0.39, 0.29) is 17.9 Å². The number of halogens is 3. The Morgan fingerprint density at radius 3 is 2.42 bits per heavy atom. The van der Waals surface area contributed by atoms with Crippen LogP contribution in [0.2, 0.25) is 10.0 Å². The summed E-state index contributed by atoms with van der Waals surface area (Å²) in [4.78, 5) is 10.4. The molecule has 2 N–H and O–H groups in total. The van der Waals surface area contributed by atoms with Crippen molar-refractivity contribution >= 4 is 39.2 Å². The molecule has 0 amide bonds. The van der Waals surface area contributed by atoms with E-state index < -0.39 is 37.3 Å². The van der Waals surface area contributed by atoms with E-state index in [4.69, 9.17) is 28.3 Å². The Kier molecular flexibility index (Phi) is 3.51. The summed E-state index contributed by atoms with van der Waals surface area (Å²) in [6, 6.07) is 2.06. The van der Waals surface area contributed by atoms with Crippen molar-refractivity contribution in [2.24, 2.45) is 0 Å². The first-order valence-electron chi connectivity index (χ1n) is 5.10. The maximum atomic E-state index is 13.5. The van der Waals surface area contributed by atoms with Gasteiger partial charge in [-0.15, -0.1) is 0 Å². The fraction of sp³-hybridized carbons (Fsp3) is 0.300. The van der Waals surface area contributed by atoms with Gasteiger partial charge in [0.05, 0.1) is 10.0 Å². The van der Waals surface area contributed by atoms with Crippen LogP contribution in [0.5, 0.6) is 0 Å². The first kappa shape index (κ1) is 14.5. The summed E-state index contributed by atoms with van der Waals surface area (Å²) in [6.07, 6.45) is 0.352. The topological polar surface area (TPSA) is 83.5 Å². The molecule has 0 aromatic heterocycles. The van der Waals surface area contributed by atoms with Crippen molar-refractivity contribution in [2.45, 2.75) is 23.3 Å².